The Morgan fingerprint density at radius 3 is 2.60 bits per heavy atom. The van der Waals surface area contributed by atoms with Crippen molar-refractivity contribution in [2.75, 3.05) is 11.9 Å². The average molecular weight is 382 g/mol. The number of benzene rings is 2. The lowest BCUT2D eigenvalue weighted by Gasteiger charge is -2.16. The zero-order valence-electron chi connectivity index (χ0n) is 13.7. The molecule has 0 aliphatic rings. The van der Waals surface area contributed by atoms with E-state index < -0.39 is 12.1 Å². The second kappa shape index (κ2) is 8.74. The lowest BCUT2D eigenvalue weighted by Crippen LogP contribution is -2.30. The van der Waals surface area contributed by atoms with E-state index >= 15 is 0 Å². The fourth-order valence-electron chi connectivity index (χ4n) is 2.00. The third kappa shape index (κ3) is 5.37. The van der Waals surface area contributed by atoms with Gasteiger partial charge in [-0.05, 0) is 50.2 Å². The van der Waals surface area contributed by atoms with Crippen molar-refractivity contribution >= 4 is 40.8 Å². The maximum Gasteiger partial charge on any atom is 0.338 e. The molecule has 0 aromatic heterocycles. The van der Waals surface area contributed by atoms with E-state index in [1.807, 2.05) is 0 Å². The number of carbonyl (C=O) groups is 2. The first-order valence-electron chi connectivity index (χ1n) is 7.60. The molecule has 0 saturated heterocycles. The predicted molar refractivity (Wildman–Crippen MR) is 97.6 cm³/mol. The molecule has 1 atom stereocenters. The molecule has 7 heteroatoms. The van der Waals surface area contributed by atoms with E-state index in [1.54, 1.807) is 44.2 Å². The normalized spacial score (nSPS) is 11.5. The molecule has 25 heavy (non-hydrogen) atoms. The Balaban J connectivity index is 2.03. The van der Waals surface area contributed by atoms with Crippen molar-refractivity contribution in [1.82, 2.24) is 0 Å². The molecule has 0 aliphatic heterocycles. The van der Waals surface area contributed by atoms with Crippen molar-refractivity contribution in [1.29, 1.82) is 0 Å². The molecule has 0 bridgehead atoms. The summed E-state index contributed by atoms with van der Waals surface area (Å²) in [5.41, 5.74) is 0.821. The molecule has 2 rings (SSSR count). The van der Waals surface area contributed by atoms with Crippen LogP contribution in [0, 0.1) is 0 Å². The van der Waals surface area contributed by atoms with Gasteiger partial charge in [-0.3, -0.25) is 4.79 Å². The summed E-state index contributed by atoms with van der Waals surface area (Å²) in [6, 6.07) is 11.2. The third-order valence-electron chi connectivity index (χ3n) is 3.21. The summed E-state index contributed by atoms with van der Waals surface area (Å²) >= 11 is 11.9. The number of nitrogens with one attached hydrogen (secondary N) is 1. The van der Waals surface area contributed by atoms with Crippen molar-refractivity contribution in [3.63, 3.8) is 0 Å². The average Bonchev–Trinajstić information content (AvgIpc) is 2.57. The summed E-state index contributed by atoms with van der Waals surface area (Å²) in [7, 11) is 0. The molecule has 0 spiro atoms. The number of hydrogen-bond acceptors (Lipinski definition) is 4. The standard InChI is InChI=1S/C18H17Cl2NO4/c1-3-24-18(23)12-5-4-6-14(9-12)21-17(22)11(2)25-16-8-7-13(19)10-15(16)20/h4-11H,3H2,1-2H3,(H,21,22)/t11-/m1/s1. The maximum absolute atomic E-state index is 12.3. The number of carbonyl (C=O) groups excluding carboxylic acids is 2. The van der Waals surface area contributed by atoms with Gasteiger partial charge >= 0.3 is 5.97 Å². The summed E-state index contributed by atoms with van der Waals surface area (Å²) < 4.78 is 10.5. The largest absolute Gasteiger partial charge is 0.479 e. The number of anilines is 1. The van der Waals surface area contributed by atoms with Gasteiger partial charge in [0.2, 0.25) is 0 Å². The fraction of sp³-hybridized carbons (Fsp3) is 0.222. The van der Waals surface area contributed by atoms with Crippen LogP contribution < -0.4 is 10.1 Å². The Morgan fingerprint density at radius 2 is 1.92 bits per heavy atom. The second-order valence-corrected chi connectivity index (χ2v) is 5.97. The number of hydrogen-bond donors (Lipinski definition) is 1. The number of ether oxygens (including phenoxy) is 2. The minimum absolute atomic E-state index is 0.280. The smallest absolute Gasteiger partial charge is 0.338 e. The highest BCUT2D eigenvalue weighted by Gasteiger charge is 2.17. The second-order valence-electron chi connectivity index (χ2n) is 5.13. The van der Waals surface area contributed by atoms with Crippen molar-refractivity contribution in [2.24, 2.45) is 0 Å². The summed E-state index contributed by atoms with van der Waals surface area (Å²) in [5, 5.41) is 3.48. The Kier molecular flexibility index (Phi) is 6.67. The van der Waals surface area contributed by atoms with Gasteiger partial charge in [-0.2, -0.15) is 0 Å². The van der Waals surface area contributed by atoms with Gasteiger partial charge in [0.1, 0.15) is 5.75 Å². The van der Waals surface area contributed by atoms with Crippen LogP contribution in [0.1, 0.15) is 24.2 Å². The Morgan fingerprint density at radius 1 is 1.16 bits per heavy atom. The molecule has 2 aromatic carbocycles. The summed E-state index contributed by atoms with van der Waals surface area (Å²) in [4.78, 5) is 24.0. The van der Waals surface area contributed by atoms with E-state index in [2.05, 4.69) is 5.32 Å². The van der Waals surface area contributed by atoms with Gasteiger partial charge in [0.05, 0.1) is 17.2 Å². The molecular formula is C18H17Cl2NO4. The minimum Gasteiger partial charge on any atom is -0.479 e. The number of amides is 1. The highest BCUT2D eigenvalue weighted by Crippen LogP contribution is 2.28. The number of halogens is 2. The van der Waals surface area contributed by atoms with Crippen molar-refractivity contribution < 1.29 is 19.1 Å². The molecule has 0 unspecified atom stereocenters. The molecule has 1 amide bonds. The van der Waals surface area contributed by atoms with Gasteiger partial charge in [-0.25, -0.2) is 4.79 Å². The minimum atomic E-state index is -0.801. The van der Waals surface area contributed by atoms with Crippen LogP contribution in [0.3, 0.4) is 0 Å². The monoisotopic (exact) mass is 381 g/mol. The first kappa shape index (κ1) is 19.1. The maximum atomic E-state index is 12.3. The Bertz CT molecular complexity index is 779. The zero-order chi connectivity index (χ0) is 18.4. The molecule has 2 aromatic rings. The summed E-state index contributed by atoms with van der Waals surface area (Å²) in [6.45, 7) is 3.60. The molecule has 1 N–H and O–H groups in total. The van der Waals surface area contributed by atoms with Gasteiger partial charge in [-0.1, -0.05) is 29.3 Å². The predicted octanol–water partition coefficient (Wildman–Crippen LogP) is 4.58. The van der Waals surface area contributed by atoms with Gasteiger partial charge in [0.15, 0.2) is 6.10 Å². The van der Waals surface area contributed by atoms with Gasteiger partial charge in [0, 0.05) is 10.7 Å². The van der Waals surface area contributed by atoms with Gasteiger partial charge in [0.25, 0.3) is 5.91 Å². The van der Waals surface area contributed by atoms with E-state index in [-0.39, 0.29) is 12.5 Å². The highest BCUT2D eigenvalue weighted by molar-refractivity contribution is 6.35. The molecule has 0 radical (unpaired) electrons. The number of esters is 1. The molecule has 0 saturated carbocycles. The fourth-order valence-corrected chi connectivity index (χ4v) is 2.45. The van der Waals surface area contributed by atoms with Crippen LogP contribution in [0.2, 0.25) is 10.0 Å². The third-order valence-corrected chi connectivity index (χ3v) is 3.74. The van der Waals surface area contributed by atoms with E-state index in [1.165, 1.54) is 12.1 Å². The molecule has 0 aliphatic carbocycles. The molecular weight excluding hydrogens is 365 g/mol. The van der Waals surface area contributed by atoms with E-state index in [0.717, 1.165) is 0 Å². The zero-order valence-corrected chi connectivity index (χ0v) is 15.2. The van der Waals surface area contributed by atoms with Gasteiger partial charge < -0.3 is 14.8 Å². The van der Waals surface area contributed by atoms with Crippen LogP contribution in [-0.2, 0) is 9.53 Å². The van der Waals surface area contributed by atoms with Crippen molar-refractivity contribution in [3.8, 4) is 5.75 Å². The first-order chi connectivity index (χ1) is 11.9. The van der Waals surface area contributed by atoms with Crippen molar-refractivity contribution in [3.05, 3.63) is 58.1 Å². The van der Waals surface area contributed by atoms with E-state index in [0.29, 0.717) is 27.0 Å². The Labute approximate surface area is 155 Å². The molecule has 132 valence electrons. The van der Waals surface area contributed by atoms with Crippen LogP contribution in [0.4, 0.5) is 5.69 Å². The van der Waals surface area contributed by atoms with Gasteiger partial charge in [-0.15, -0.1) is 0 Å². The lowest BCUT2D eigenvalue weighted by atomic mass is 10.2. The first-order valence-corrected chi connectivity index (χ1v) is 8.36. The number of rotatable bonds is 6. The van der Waals surface area contributed by atoms with E-state index in [4.69, 9.17) is 32.7 Å². The Hall–Kier alpha value is -2.24. The summed E-state index contributed by atoms with van der Waals surface area (Å²) in [6.07, 6.45) is -0.801. The van der Waals surface area contributed by atoms with Crippen LogP contribution in [0.15, 0.2) is 42.5 Å². The molecule has 0 heterocycles. The quantitative estimate of drug-likeness (QED) is 0.743. The summed E-state index contributed by atoms with van der Waals surface area (Å²) in [5.74, 6) is -0.475. The van der Waals surface area contributed by atoms with Crippen LogP contribution >= 0.6 is 23.2 Å². The topological polar surface area (TPSA) is 64.6 Å². The molecule has 0 fully saturated rings. The van der Waals surface area contributed by atoms with Crippen LogP contribution in [0.25, 0.3) is 0 Å². The highest BCUT2D eigenvalue weighted by atomic mass is 35.5. The van der Waals surface area contributed by atoms with Crippen molar-refractivity contribution in [2.45, 2.75) is 20.0 Å². The SMILES string of the molecule is CCOC(=O)c1cccc(NC(=O)[C@@H](C)Oc2ccc(Cl)cc2Cl)c1. The van der Waals surface area contributed by atoms with E-state index in [9.17, 15) is 9.59 Å². The van der Waals surface area contributed by atoms with Crippen LogP contribution in [-0.4, -0.2) is 24.6 Å². The lowest BCUT2D eigenvalue weighted by molar-refractivity contribution is -0.122. The van der Waals surface area contributed by atoms with Crippen LogP contribution in [0.5, 0.6) is 5.75 Å². The molecule has 5 nitrogen and oxygen atoms in total.